The van der Waals surface area contributed by atoms with Gasteiger partial charge in [0.1, 0.15) is 11.2 Å². The zero-order chi connectivity index (χ0) is 25.4. The highest BCUT2D eigenvalue weighted by Gasteiger charge is 2.46. The predicted octanol–water partition coefficient (Wildman–Crippen LogP) is 7.84. The molecule has 0 radical (unpaired) electrons. The minimum absolute atomic E-state index is 0.352. The largest absolute Gasteiger partial charge is 0.467 e. The van der Waals surface area contributed by atoms with E-state index in [-0.39, 0.29) is 6.09 Å². The van der Waals surface area contributed by atoms with E-state index in [9.17, 15) is 4.79 Å². The third-order valence-electron chi connectivity index (χ3n) is 7.15. The fourth-order valence-corrected chi connectivity index (χ4v) is 12.8. The Labute approximate surface area is 211 Å². The molecule has 0 N–H and O–H groups in total. The molecule has 1 aliphatic rings. The molecule has 34 heavy (non-hydrogen) atoms. The van der Waals surface area contributed by atoms with Gasteiger partial charge in [0.05, 0.1) is 11.2 Å². The molecule has 0 spiro atoms. The number of carbonyl (C=O) groups excluding carboxylic acids is 1. The second-order valence-corrected chi connectivity index (χ2v) is 17.6. The number of amides is 1. The van der Waals surface area contributed by atoms with E-state index in [4.69, 9.17) is 26.1 Å². The number of fused-ring (bicyclic) bond motifs is 1. The molecule has 1 aliphatic heterocycles. The molecule has 1 fully saturated rings. The Hall–Kier alpha value is -1.73. The van der Waals surface area contributed by atoms with Gasteiger partial charge in [-0.3, -0.25) is 4.90 Å². The molecule has 1 amide bonds. The van der Waals surface area contributed by atoms with Crippen LogP contribution in [0.25, 0.3) is 11.0 Å². The summed E-state index contributed by atoms with van der Waals surface area (Å²) < 4.78 is 14.4. The molecular weight excluding hydrogens is 466 g/mol. The number of hydrogen-bond acceptors (Lipinski definition) is 4. The molecule has 6 nitrogen and oxygen atoms in total. The standard InChI is InChI=1S/C26H42ClN3O3Si/c1-17(2)34(18(3)4,19(5)6)30-15-13-20-23(27)21(16-28-24(20)30)32-22-12-10-11-14-29(22)25(31)33-26(7,8)9/h13,15-19,22H,10-12,14H2,1-9H3. The number of pyridine rings is 1. The summed E-state index contributed by atoms with van der Waals surface area (Å²) in [5.74, 6) is 0.512. The summed E-state index contributed by atoms with van der Waals surface area (Å²) in [6.07, 6.45) is 5.78. The predicted molar refractivity (Wildman–Crippen MR) is 142 cm³/mol. The quantitative estimate of drug-likeness (QED) is 0.373. The lowest BCUT2D eigenvalue weighted by molar-refractivity contribution is -0.0342. The van der Waals surface area contributed by atoms with E-state index in [1.807, 2.05) is 20.8 Å². The van der Waals surface area contributed by atoms with Crippen molar-refractivity contribution in [1.29, 1.82) is 0 Å². The van der Waals surface area contributed by atoms with Crippen molar-refractivity contribution < 1.29 is 14.3 Å². The van der Waals surface area contributed by atoms with Crippen LogP contribution in [0.1, 0.15) is 81.6 Å². The Morgan fingerprint density at radius 2 is 1.74 bits per heavy atom. The zero-order valence-corrected chi connectivity index (χ0v) is 24.1. The van der Waals surface area contributed by atoms with Crippen LogP contribution >= 0.6 is 11.6 Å². The van der Waals surface area contributed by atoms with E-state index < -0.39 is 20.1 Å². The average Bonchev–Trinajstić information content (AvgIpc) is 3.14. The van der Waals surface area contributed by atoms with Gasteiger partial charge in [0.25, 0.3) is 0 Å². The molecule has 0 aromatic carbocycles. The van der Waals surface area contributed by atoms with Gasteiger partial charge in [-0.25, -0.2) is 9.78 Å². The van der Waals surface area contributed by atoms with Crippen molar-refractivity contribution in [3.63, 3.8) is 0 Å². The maximum absolute atomic E-state index is 12.8. The van der Waals surface area contributed by atoms with Crippen molar-refractivity contribution >= 4 is 37.0 Å². The van der Waals surface area contributed by atoms with Crippen LogP contribution < -0.4 is 4.74 Å². The van der Waals surface area contributed by atoms with Crippen LogP contribution in [0.4, 0.5) is 4.79 Å². The minimum Gasteiger partial charge on any atom is -0.467 e. The monoisotopic (exact) mass is 507 g/mol. The van der Waals surface area contributed by atoms with Crippen molar-refractivity contribution in [3.8, 4) is 5.75 Å². The summed E-state index contributed by atoms with van der Waals surface area (Å²) in [5.41, 5.74) is 2.00. The van der Waals surface area contributed by atoms with Crippen molar-refractivity contribution in [2.75, 3.05) is 6.54 Å². The van der Waals surface area contributed by atoms with E-state index in [1.54, 1.807) is 11.1 Å². The van der Waals surface area contributed by atoms with Crippen molar-refractivity contribution in [2.45, 2.75) is 110 Å². The van der Waals surface area contributed by atoms with Crippen LogP contribution in [0.3, 0.4) is 0 Å². The number of piperidine rings is 1. The summed E-state index contributed by atoms with van der Waals surface area (Å²) in [6.45, 7) is 20.3. The number of rotatable bonds is 6. The van der Waals surface area contributed by atoms with Gasteiger partial charge in [0.15, 0.2) is 20.2 Å². The molecule has 1 saturated heterocycles. The number of hydrogen-bond donors (Lipinski definition) is 0. The molecule has 2 aromatic rings. The highest BCUT2D eigenvalue weighted by Crippen LogP contribution is 2.45. The molecule has 0 bridgehead atoms. The molecule has 1 atom stereocenters. The molecular formula is C26H42ClN3O3Si. The second kappa shape index (κ2) is 10.1. The number of likely N-dealkylation sites (tertiary alicyclic amines) is 1. The normalized spacial score (nSPS) is 17.8. The molecule has 3 heterocycles. The number of carbonyl (C=O) groups is 1. The van der Waals surface area contributed by atoms with Gasteiger partial charge < -0.3 is 13.7 Å². The number of nitrogens with zero attached hydrogens (tertiary/aromatic N) is 3. The molecule has 190 valence electrons. The van der Waals surface area contributed by atoms with Gasteiger partial charge in [-0.15, -0.1) is 0 Å². The second-order valence-electron chi connectivity index (χ2n) is 11.5. The maximum atomic E-state index is 12.8. The summed E-state index contributed by atoms with van der Waals surface area (Å²) >= 11 is 6.90. The van der Waals surface area contributed by atoms with Crippen LogP contribution in [0.15, 0.2) is 18.5 Å². The van der Waals surface area contributed by atoms with Gasteiger partial charge >= 0.3 is 6.09 Å². The lowest BCUT2D eigenvalue weighted by Gasteiger charge is -2.44. The Bertz CT molecular complexity index is 991. The highest BCUT2D eigenvalue weighted by molar-refractivity contribution is 6.82. The number of aromatic nitrogens is 2. The Morgan fingerprint density at radius 3 is 2.29 bits per heavy atom. The van der Waals surface area contributed by atoms with Gasteiger partial charge in [-0.2, -0.15) is 0 Å². The lowest BCUT2D eigenvalue weighted by atomic mass is 10.1. The van der Waals surface area contributed by atoms with Gasteiger partial charge in [0.2, 0.25) is 0 Å². The number of ether oxygens (including phenoxy) is 2. The summed E-state index contributed by atoms with van der Waals surface area (Å²) in [4.78, 5) is 19.3. The fourth-order valence-electron chi connectivity index (χ4n) is 5.96. The maximum Gasteiger partial charge on any atom is 0.413 e. The summed E-state index contributed by atoms with van der Waals surface area (Å²) in [6, 6.07) is 2.07. The highest BCUT2D eigenvalue weighted by atomic mass is 35.5. The van der Waals surface area contributed by atoms with E-state index in [0.29, 0.717) is 33.9 Å². The van der Waals surface area contributed by atoms with E-state index >= 15 is 0 Å². The Morgan fingerprint density at radius 1 is 1.12 bits per heavy atom. The van der Waals surface area contributed by atoms with Crippen LogP contribution in [0, 0.1) is 0 Å². The Kier molecular flexibility index (Phi) is 7.98. The first-order chi connectivity index (χ1) is 15.8. The van der Waals surface area contributed by atoms with Crippen LogP contribution in [-0.4, -0.2) is 46.8 Å². The molecule has 8 heteroatoms. The first kappa shape index (κ1) is 26.9. The number of halogens is 1. The molecule has 1 unspecified atom stereocenters. The van der Waals surface area contributed by atoms with Crippen molar-refractivity contribution in [1.82, 2.24) is 14.1 Å². The molecule has 3 rings (SSSR count). The smallest absolute Gasteiger partial charge is 0.413 e. The van der Waals surface area contributed by atoms with Crippen LogP contribution in [-0.2, 0) is 4.74 Å². The SMILES string of the molecule is CC(C)[Si](C(C)C)(C(C)C)n1ccc2c(Cl)c(OC3CCCCN3C(=O)OC(C)(C)C)cnc21. The molecule has 0 aliphatic carbocycles. The summed E-state index contributed by atoms with van der Waals surface area (Å²) in [5, 5.41) is 1.45. The van der Waals surface area contributed by atoms with Gasteiger partial charge in [-0.05, 0) is 62.5 Å². The lowest BCUT2D eigenvalue weighted by Crippen LogP contribution is -2.51. The van der Waals surface area contributed by atoms with Gasteiger partial charge in [0, 0.05) is 18.4 Å². The van der Waals surface area contributed by atoms with Crippen LogP contribution in [0.5, 0.6) is 5.75 Å². The zero-order valence-electron chi connectivity index (χ0n) is 22.3. The first-order valence-electron chi connectivity index (χ1n) is 12.6. The van der Waals surface area contributed by atoms with E-state index in [0.717, 1.165) is 30.3 Å². The van der Waals surface area contributed by atoms with Crippen LogP contribution in [0.2, 0.25) is 21.6 Å². The van der Waals surface area contributed by atoms with Crippen molar-refractivity contribution in [3.05, 3.63) is 23.5 Å². The van der Waals surface area contributed by atoms with E-state index in [1.165, 1.54) is 0 Å². The minimum atomic E-state index is -1.96. The average molecular weight is 508 g/mol. The first-order valence-corrected chi connectivity index (χ1v) is 15.2. The van der Waals surface area contributed by atoms with E-state index in [2.05, 4.69) is 58.0 Å². The van der Waals surface area contributed by atoms with Crippen molar-refractivity contribution in [2.24, 2.45) is 0 Å². The molecule has 0 saturated carbocycles. The topological polar surface area (TPSA) is 56.6 Å². The van der Waals surface area contributed by atoms with Gasteiger partial charge in [-0.1, -0.05) is 53.1 Å². The fraction of sp³-hybridized carbons (Fsp3) is 0.692. The molecule has 2 aromatic heterocycles. The third-order valence-corrected chi connectivity index (χ3v) is 14.3. The summed E-state index contributed by atoms with van der Waals surface area (Å²) in [7, 11) is -1.96. The Balaban J connectivity index is 1.97. The third kappa shape index (κ3) is 4.96.